The maximum absolute atomic E-state index is 5.40. The summed E-state index contributed by atoms with van der Waals surface area (Å²) in [4.78, 5) is 10.6. The van der Waals surface area contributed by atoms with Crippen LogP contribution in [-0.4, -0.2) is 49.5 Å². The number of nitrogens with zero attached hydrogens (tertiary/aromatic N) is 3. The lowest BCUT2D eigenvalue weighted by atomic mass is 10.3. The summed E-state index contributed by atoms with van der Waals surface area (Å²) in [5, 5.41) is 0. The Morgan fingerprint density at radius 2 is 1.89 bits per heavy atom. The van der Waals surface area contributed by atoms with Crippen molar-refractivity contribution in [2.24, 2.45) is 5.84 Å². The van der Waals surface area contributed by atoms with Gasteiger partial charge in [0.05, 0.1) is 0 Å². The third kappa shape index (κ3) is 2.53. The molecule has 18 heavy (non-hydrogen) atoms. The predicted molar refractivity (Wildman–Crippen MR) is 68.4 cm³/mol. The summed E-state index contributed by atoms with van der Waals surface area (Å²) >= 11 is 0. The molecule has 0 amide bonds. The predicted octanol–water partition coefficient (Wildman–Crippen LogP) is -0.0794. The van der Waals surface area contributed by atoms with Crippen LogP contribution in [0.1, 0.15) is 5.69 Å². The highest BCUT2D eigenvalue weighted by Crippen LogP contribution is 2.23. The van der Waals surface area contributed by atoms with Crippen LogP contribution in [0.3, 0.4) is 0 Å². The average molecular weight is 253 g/mol. The largest absolute Gasteiger partial charge is 0.377 e. The van der Waals surface area contributed by atoms with Crippen LogP contribution in [0.2, 0.25) is 0 Å². The van der Waals surface area contributed by atoms with Crippen LogP contribution in [0.4, 0.5) is 11.8 Å². The molecule has 0 radical (unpaired) electrons. The smallest absolute Gasteiger partial charge is 0.239 e. The molecule has 7 heteroatoms. The van der Waals surface area contributed by atoms with Gasteiger partial charge in [0.15, 0.2) is 0 Å². The highest BCUT2D eigenvalue weighted by atomic mass is 16.5. The molecule has 0 aliphatic carbocycles. The molecule has 7 nitrogen and oxygen atoms in total. The topological polar surface area (TPSA) is 85.5 Å². The number of hydrazine groups is 1. The Morgan fingerprint density at radius 1 is 1.28 bits per heavy atom. The number of rotatable bonds is 4. The van der Waals surface area contributed by atoms with E-state index in [0.29, 0.717) is 5.95 Å². The van der Waals surface area contributed by atoms with E-state index < -0.39 is 0 Å². The second-order valence-electron chi connectivity index (χ2n) is 4.29. The van der Waals surface area contributed by atoms with Gasteiger partial charge in [0, 0.05) is 39.1 Å². The fourth-order valence-electron chi connectivity index (χ4n) is 2.16. The zero-order valence-electron chi connectivity index (χ0n) is 10.9. The lowest BCUT2D eigenvalue weighted by Gasteiger charge is -2.17. The van der Waals surface area contributed by atoms with Crippen LogP contribution in [0, 0.1) is 6.92 Å². The van der Waals surface area contributed by atoms with Crippen molar-refractivity contribution in [3.8, 4) is 0 Å². The van der Waals surface area contributed by atoms with E-state index in [-0.39, 0.29) is 12.2 Å². The maximum Gasteiger partial charge on any atom is 0.239 e. The molecule has 2 rings (SSSR count). The van der Waals surface area contributed by atoms with E-state index in [1.807, 2.05) is 13.0 Å². The maximum atomic E-state index is 5.40. The van der Waals surface area contributed by atoms with E-state index in [0.717, 1.165) is 24.6 Å². The lowest BCUT2D eigenvalue weighted by Crippen LogP contribution is -2.27. The first kappa shape index (κ1) is 13.0. The highest BCUT2D eigenvalue weighted by Gasteiger charge is 2.33. The first-order valence-corrected chi connectivity index (χ1v) is 5.80. The van der Waals surface area contributed by atoms with Crippen LogP contribution in [0.15, 0.2) is 6.07 Å². The number of nitrogen functional groups attached to an aromatic ring is 1. The Balaban J connectivity index is 2.20. The van der Waals surface area contributed by atoms with Gasteiger partial charge in [-0.15, -0.1) is 0 Å². The van der Waals surface area contributed by atoms with Gasteiger partial charge in [-0.1, -0.05) is 0 Å². The van der Waals surface area contributed by atoms with Crippen molar-refractivity contribution >= 4 is 11.8 Å². The van der Waals surface area contributed by atoms with Gasteiger partial charge in [-0.25, -0.2) is 10.8 Å². The quantitative estimate of drug-likeness (QED) is 0.573. The fraction of sp³-hybridized carbons (Fsp3) is 0.636. The van der Waals surface area contributed by atoms with Gasteiger partial charge in [-0.05, 0) is 6.92 Å². The van der Waals surface area contributed by atoms with Gasteiger partial charge in [0.25, 0.3) is 0 Å². The summed E-state index contributed by atoms with van der Waals surface area (Å²) in [5.74, 6) is 6.60. The van der Waals surface area contributed by atoms with Gasteiger partial charge in [0.1, 0.15) is 18.0 Å². The van der Waals surface area contributed by atoms with E-state index >= 15 is 0 Å². The Labute approximate surface area is 106 Å². The number of nitrogens with one attached hydrogen (secondary N) is 1. The van der Waals surface area contributed by atoms with Crippen LogP contribution < -0.4 is 16.2 Å². The molecule has 1 fully saturated rings. The molecule has 0 saturated carbocycles. The first-order chi connectivity index (χ1) is 8.67. The monoisotopic (exact) mass is 253 g/mol. The zero-order chi connectivity index (χ0) is 13.1. The highest BCUT2D eigenvalue weighted by molar-refractivity contribution is 5.46. The summed E-state index contributed by atoms with van der Waals surface area (Å²) < 4.78 is 10.8. The molecule has 2 heterocycles. The minimum absolute atomic E-state index is 0.0551. The summed E-state index contributed by atoms with van der Waals surface area (Å²) in [7, 11) is 3.39. The molecular weight excluding hydrogens is 234 g/mol. The van der Waals surface area contributed by atoms with Crippen molar-refractivity contribution in [2.75, 3.05) is 37.6 Å². The van der Waals surface area contributed by atoms with Crippen molar-refractivity contribution in [1.29, 1.82) is 0 Å². The first-order valence-electron chi connectivity index (χ1n) is 5.80. The standard InChI is InChI=1S/C11H19N5O2/c1-7-4-10(14-11(13-7)15-12)16-5-8(17-2)9(6-16)18-3/h4,8-9H,5-6,12H2,1-3H3,(H,13,14,15). The van der Waals surface area contributed by atoms with E-state index in [1.54, 1.807) is 14.2 Å². The number of aromatic nitrogens is 2. The van der Waals surface area contributed by atoms with Gasteiger partial charge >= 0.3 is 0 Å². The molecule has 100 valence electrons. The number of nitrogens with two attached hydrogens (primary N) is 1. The van der Waals surface area contributed by atoms with Crippen molar-refractivity contribution in [2.45, 2.75) is 19.1 Å². The van der Waals surface area contributed by atoms with Crippen molar-refractivity contribution in [3.63, 3.8) is 0 Å². The molecule has 1 aromatic heterocycles. The van der Waals surface area contributed by atoms with Crippen LogP contribution in [0.25, 0.3) is 0 Å². The third-order valence-electron chi connectivity index (χ3n) is 3.11. The summed E-state index contributed by atoms with van der Waals surface area (Å²) in [6.07, 6.45) is 0.110. The van der Waals surface area contributed by atoms with E-state index in [2.05, 4.69) is 20.3 Å². The normalized spacial score (nSPS) is 23.4. The zero-order valence-corrected chi connectivity index (χ0v) is 10.9. The van der Waals surface area contributed by atoms with Gasteiger partial charge in [0.2, 0.25) is 5.95 Å². The summed E-state index contributed by atoms with van der Waals surface area (Å²) in [6.45, 7) is 3.40. The molecule has 3 N–H and O–H groups in total. The minimum Gasteiger partial charge on any atom is -0.377 e. The molecular formula is C11H19N5O2. The molecule has 0 bridgehead atoms. The molecule has 0 spiro atoms. The molecule has 1 saturated heterocycles. The number of ether oxygens (including phenoxy) is 2. The van der Waals surface area contributed by atoms with Crippen molar-refractivity contribution in [3.05, 3.63) is 11.8 Å². The Hall–Kier alpha value is -1.44. The Morgan fingerprint density at radius 3 is 2.39 bits per heavy atom. The molecule has 1 aromatic rings. The van der Waals surface area contributed by atoms with Gasteiger partial charge in [-0.2, -0.15) is 4.98 Å². The average Bonchev–Trinajstić information content (AvgIpc) is 2.81. The Kier molecular flexibility index (Phi) is 3.95. The molecule has 2 atom stereocenters. The number of hydrogen-bond donors (Lipinski definition) is 2. The van der Waals surface area contributed by atoms with E-state index in [4.69, 9.17) is 15.3 Å². The molecule has 1 aliphatic heterocycles. The van der Waals surface area contributed by atoms with Gasteiger partial charge < -0.3 is 14.4 Å². The van der Waals surface area contributed by atoms with Crippen molar-refractivity contribution < 1.29 is 9.47 Å². The van der Waals surface area contributed by atoms with Crippen LogP contribution in [0.5, 0.6) is 0 Å². The van der Waals surface area contributed by atoms with Crippen LogP contribution in [-0.2, 0) is 9.47 Å². The minimum atomic E-state index is 0.0551. The van der Waals surface area contributed by atoms with Crippen molar-refractivity contribution in [1.82, 2.24) is 9.97 Å². The number of methoxy groups -OCH3 is 2. The van der Waals surface area contributed by atoms with E-state index in [9.17, 15) is 0 Å². The Bertz CT molecular complexity index is 402. The van der Waals surface area contributed by atoms with Gasteiger partial charge in [-0.3, -0.25) is 5.43 Å². The van der Waals surface area contributed by atoms with E-state index in [1.165, 1.54) is 0 Å². The lowest BCUT2D eigenvalue weighted by molar-refractivity contribution is -0.00461. The SMILES string of the molecule is COC1CN(c2cc(C)nc(NN)n2)CC1OC. The second-order valence-corrected chi connectivity index (χ2v) is 4.29. The van der Waals surface area contributed by atoms with Crippen LogP contribution >= 0.6 is 0 Å². The fourth-order valence-corrected chi connectivity index (χ4v) is 2.16. The summed E-state index contributed by atoms with van der Waals surface area (Å²) in [6, 6.07) is 1.92. The third-order valence-corrected chi connectivity index (χ3v) is 3.11. The number of hydrogen-bond acceptors (Lipinski definition) is 7. The number of aryl methyl sites for hydroxylation is 1. The molecule has 0 aromatic carbocycles. The second kappa shape index (κ2) is 5.47. The molecule has 1 aliphatic rings. The number of anilines is 2. The summed E-state index contributed by atoms with van der Waals surface area (Å²) in [5.41, 5.74) is 3.33. The molecule has 2 unspecified atom stereocenters.